The molecule has 0 bridgehead atoms. The molecule has 0 fully saturated rings. The van der Waals surface area contributed by atoms with Gasteiger partial charge in [-0.2, -0.15) is 0 Å². The van der Waals surface area contributed by atoms with Gasteiger partial charge in [0.1, 0.15) is 11.6 Å². The van der Waals surface area contributed by atoms with Gasteiger partial charge in [0.15, 0.2) is 6.10 Å². The predicted octanol–water partition coefficient (Wildman–Crippen LogP) is 3.34. The summed E-state index contributed by atoms with van der Waals surface area (Å²) < 4.78 is 35.9. The van der Waals surface area contributed by atoms with Crippen molar-refractivity contribution >= 4 is 29.6 Å². The molecule has 0 radical (unpaired) electrons. The number of esters is 2. The minimum atomic E-state index is -1.21. The van der Waals surface area contributed by atoms with E-state index in [2.05, 4.69) is 10.1 Å². The Balaban J connectivity index is 1.91. The molecule has 8 heteroatoms. The van der Waals surface area contributed by atoms with Crippen LogP contribution in [0.2, 0.25) is 0 Å². The summed E-state index contributed by atoms with van der Waals surface area (Å²) in [6.45, 7) is 1.31. The van der Waals surface area contributed by atoms with Gasteiger partial charge in [0.05, 0.1) is 18.4 Å². The summed E-state index contributed by atoms with van der Waals surface area (Å²) in [5.74, 6) is -3.76. The molecule has 0 spiro atoms. The van der Waals surface area contributed by atoms with Crippen LogP contribution in [-0.2, 0) is 19.1 Å². The van der Waals surface area contributed by atoms with E-state index < -0.39 is 35.6 Å². The summed E-state index contributed by atoms with van der Waals surface area (Å²) in [6.07, 6.45) is 1.34. The molecule has 0 aromatic heterocycles. The number of carbonyl (C=O) groups is 3. The molecule has 1 N–H and O–H groups in total. The van der Waals surface area contributed by atoms with E-state index in [4.69, 9.17) is 4.74 Å². The lowest BCUT2D eigenvalue weighted by Crippen LogP contribution is -2.29. The Labute approximate surface area is 159 Å². The Morgan fingerprint density at radius 2 is 1.75 bits per heavy atom. The van der Waals surface area contributed by atoms with E-state index in [1.54, 1.807) is 12.1 Å². The fourth-order valence-corrected chi connectivity index (χ4v) is 2.10. The standard InChI is InChI=1S/C20H17F2NO5/c1-12(19(25)23-17-9-8-15(21)11-16(17)22)28-18(24)10-5-13-3-6-14(7-4-13)20(26)27-2/h3-12H,1-2H3,(H,23,25)/b10-5+/t12-/m0/s1. The number of carbonyl (C=O) groups excluding carboxylic acids is 3. The normalized spacial score (nSPS) is 11.7. The van der Waals surface area contributed by atoms with E-state index in [0.717, 1.165) is 18.2 Å². The number of amides is 1. The average Bonchev–Trinajstić information content (AvgIpc) is 2.68. The molecular formula is C20H17F2NO5. The van der Waals surface area contributed by atoms with Crippen LogP contribution >= 0.6 is 0 Å². The number of benzene rings is 2. The molecule has 2 aromatic rings. The summed E-state index contributed by atoms with van der Waals surface area (Å²) in [4.78, 5) is 35.2. The van der Waals surface area contributed by atoms with Crippen molar-refractivity contribution in [1.29, 1.82) is 0 Å². The minimum absolute atomic E-state index is 0.226. The molecule has 28 heavy (non-hydrogen) atoms. The van der Waals surface area contributed by atoms with Crippen LogP contribution in [0.4, 0.5) is 14.5 Å². The SMILES string of the molecule is COC(=O)c1ccc(/C=C/C(=O)O[C@@H](C)C(=O)Nc2ccc(F)cc2F)cc1. The van der Waals surface area contributed by atoms with E-state index in [9.17, 15) is 23.2 Å². The highest BCUT2D eigenvalue weighted by atomic mass is 19.1. The number of methoxy groups -OCH3 is 1. The molecule has 0 aliphatic rings. The molecule has 1 amide bonds. The van der Waals surface area contributed by atoms with Crippen molar-refractivity contribution in [2.45, 2.75) is 13.0 Å². The first-order valence-corrected chi connectivity index (χ1v) is 8.13. The van der Waals surface area contributed by atoms with E-state index in [1.807, 2.05) is 0 Å². The molecule has 2 aromatic carbocycles. The van der Waals surface area contributed by atoms with Crippen molar-refractivity contribution in [3.63, 3.8) is 0 Å². The van der Waals surface area contributed by atoms with Crippen LogP contribution in [0.25, 0.3) is 6.08 Å². The van der Waals surface area contributed by atoms with Crippen LogP contribution in [0.5, 0.6) is 0 Å². The monoisotopic (exact) mass is 389 g/mol. The van der Waals surface area contributed by atoms with Gasteiger partial charge in [0.2, 0.25) is 0 Å². The first kappa shape index (κ1) is 20.8. The zero-order valence-corrected chi connectivity index (χ0v) is 15.1. The molecule has 0 saturated carbocycles. The van der Waals surface area contributed by atoms with E-state index in [-0.39, 0.29) is 5.69 Å². The molecule has 6 nitrogen and oxygen atoms in total. The molecule has 0 unspecified atom stereocenters. The summed E-state index contributed by atoms with van der Waals surface area (Å²) in [5, 5.41) is 2.21. The lowest BCUT2D eigenvalue weighted by Gasteiger charge is -2.12. The lowest BCUT2D eigenvalue weighted by molar-refractivity contribution is -0.148. The second-order valence-electron chi connectivity index (χ2n) is 5.64. The number of hydrogen-bond acceptors (Lipinski definition) is 5. The Morgan fingerprint density at radius 3 is 2.36 bits per heavy atom. The maximum absolute atomic E-state index is 13.5. The topological polar surface area (TPSA) is 81.7 Å². The molecule has 0 aliphatic carbocycles. The second kappa shape index (κ2) is 9.40. The largest absolute Gasteiger partial charge is 0.465 e. The van der Waals surface area contributed by atoms with Crippen LogP contribution in [0.3, 0.4) is 0 Å². The number of halogens is 2. The van der Waals surface area contributed by atoms with Crippen molar-refractivity contribution in [2.75, 3.05) is 12.4 Å². The number of ether oxygens (including phenoxy) is 2. The molecule has 146 valence electrons. The first-order valence-electron chi connectivity index (χ1n) is 8.13. The maximum Gasteiger partial charge on any atom is 0.337 e. The minimum Gasteiger partial charge on any atom is -0.465 e. The maximum atomic E-state index is 13.5. The summed E-state index contributed by atoms with van der Waals surface area (Å²) >= 11 is 0. The zero-order chi connectivity index (χ0) is 20.7. The molecular weight excluding hydrogens is 372 g/mol. The quantitative estimate of drug-likeness (QED) is 0.605. The fourth-order valence-electron chi connectivity index (χ4n) is 2.10. The van der Waals surface area contributed by atoms with Crippen molar-refractivity contribution < 1.29 is 32.6 Å². The number of nitrogens with one attached hydrogen (secondary N) is 1. The van der Waals surface area contributed by atoms with Crippen LogP contribution in [0, 0.1) is 11.6 Å². The van der Waals surface area contributed by atoms with Gasteiger partial charge >= 0.3 is 11.9 Å². The molecule has 1 atom stereocenters. The molecule has 0 saturated heterocycles. The van der Waals surface area contributed by atoms with Gasteiger partial charge in [-0.15, -0.1) is 0 Å². The lowest BCUT2D eigenvalue weighted by atomic mass is 10.1. The molecule has 2 rings (SSSR count). The Morgan fingerprint density at radius 1 is 1.07 bits per heavy atom. The van der Waals surface area contributed by atoms with Gasteiger partial charge in [-0.3, -0.25) is 4.79 Å². The van der Waals surface area contributed by atoms with Gasteiger partial charge in [0, 0.05) is 12.1 Å². The number of anilines is 1. The smallest absolute Gasteiger partial charge is 0.337 e. The Hall–Kier alpha value is -3.55. The first-order chi connectivity index (χ1) is 13.3. The van der Waals surface area contributed by atoms with Crippen molar-refractivity contribution in [1.82, 2.24) is 0 Å². The van der Waals surface area contributed by atoms with Crippen LogP contribution in [-0.4, -0.2) is 31.1 Å². The van der Waals surface area contributed by atoms with Gasteiger partial charge in [-0.05, 0) is 42.8 Å². The van der Waals surface area contributed by atoms with Crippen LogP contribution < -0.4 is 5.32 Å². The fraction of sp³-hybridized carbons (Fsp3) is 0.150. The highest BCUT2D eigenvalue weighted by molar-refractivity contribution is 5.96. The third-order valence-electron chi connectivity index (χ3n) is 3.59. The summed E-state index contributed by atoms with van der Waals surface area (Å²) in [5.41, 5.74) is 0.756. The Bertz CT molecular complexity index is 909. The van der Waals surface area contributed by atoms with Crippen molar-refractivity contribution in [3.05, 3.63) is 71.3 Å². The van der Waals surface area contributed by atoms with Gasteiger partial charge in [-0.1, -0.05) is 12.1 Å². The van der Waals surface area contributed by atoms with E-state index >= 15 is 0 Å². The summed E-state index contributed by atoms with van der Waals surface area (Å²) in [6, 6.07) is 8.94. The van der Waals surface area contributed by atoms with Gasteiger partial charge in [-0.25, -0.2) is 18.4 Å². The number of hydrogen-bond donors (Lipinski definition) is 1. The van der Waals surface area contributed by atoms with Gasteiger partial charge < -0.3 is 14.8 Å². The van der Waals surface area contributed by atoms with Gasteiger partial charge in [0.25, 0.3) is 5.91 Å². The zero-order valence-electron chi connectivity index (χ0n) is 15.1. The Kier molecular flexibility index (Phi) is 6.97. The predicted molar refractivity (Wildman–Crippen MR) is 97.4 cm³/mol. The highest BCUT2D eigenvalue weighted by Crippen LogP contribution is 2.15. The summed E-state index contributed by atoms with van der Waals surface area (Å²) in [7, 11) is 1.27. The van der Waals surface area contributed by atoms with Crippen LogP contribution in [0.15, 0.2) is 48.5 Å². The van der Waals surface area contributed by atoms with Crippen molar-refractivity contribution in [2.24, 2.45) is 0 Å². The van der Waals surface area contributed by atoms with E-state index in [0.29, 0.717) is 17.2 Å². The average molecular weight is 389 g/mol. The van der Waals surface area contributed by atoms with Crippen LogP contribution in [0.1, 0.15) is 22.8 Å². The molecule has 0 heterocycles. The van der Waals surface area contributed by atoms with Crippen molar-refractivity contribution in [3.8, 4) is 0 Å². The van der Waals surface area contributed by atoms with E-state index in [1.165, 1.54) is 32.2 Å². The highest BCUT2D eigenvalue weighted by Gasteiger charge is 2.18. The molecule has 0 aliphatic heterocycles. The third kappa shape index (κ3) is 5.73. The second-order valence-corrected chi connectivity index (χ2v) is 5.64. The third-order valence-corrected chi connectivity index (χ3v) is 3.59. The number of rotatable bonds is 6.